The van der Waals surface area contributed by atoms with Gasteiger partial charge in [-0.05, 0) is 62.6 Å². The fourth-order valence-corrected chi connectivity index (χ4v) is 2.75. The van der Waals surface area contributed by atoms with Gasteiger partial charge in [-0.1, -0.05) is 31.4 Å². The van der Waals surface area contributed by atoms with E-state index in [1.807, 2.05) is 25.1 Å². The number of unbranched alkanes of at least 4 members (excludes halogenated alkanes) is 1. The van der Waals surface area contributed by atoms with Gasteiger partial charge in [0.1, 0.15) is 5.75 Å². The summed E-state index contributed by atoms with van der Waals surface area (Å²) in [5, 5.41) is 6.84. The molecular formula is C18H25ClN2O2. The minimum absolute atomic E-state index is 0.0290. The van der Waals surface area contributed by atoms with Crippen LogP contribution in [0, 0.1) is 6.92 Å². The molecule has 1 heterocycles. The largest absolute Gasteiger partial charge is 0.441 e. The van der Waals surface area contributed by atoms with Crippen LogP contribution in [0.3, 0.4) is 0 Å². The lowest BCUT2D eigenvalue weighted by Crippen LogP contribution is -2.46. The van der Waals surface area contributed by atoms with Gasteiger partial charge in [0.15, 0.2) is 5.88 Å². The number of piperidine rings is 1. The first-order chi connectivity index (χ1) is 11.1. The van der Waals surface area contributed by atoms with Crippen molar-refractivity contribution in [3.05, 3.63) is 40.7 Å². The van der Waals surface area contributed by atoms with Gasteiger partial charge in [-0.3, -0.25) is 10.1 Å². The second-order valence-electron chi connectivity index (χ2n) is 5.86. The van der Waals surface area contributed by atoms with Crippen molar-refractivity contribution < 1.29 is 9.53 Å². The van der Waals surface area contributed by atoms with Crippen LogP contribution in [-0.4, -0.2) is 18.5 Å². The summed E-state index contributed by atoms with van der Waals surface area (Å²) in [7, 11) is 0. The van der Waals surface area contributed by atoms with Crippen LogP contribution in [0.25, 0.3) is 0 Å². The van der Waals surface area contributed by atoms with Crippen LogP contribution in [0.5, 0.6) is 5.75 Å². The molecule has 23 heavy (non-hydrogen) atoms. The maximum atomic E-state index is 12.4. The quantitative estimate of drug-likeness (QED) is 0.774. The Balaban J connectivity index is 2.05. The number of benzene rings is 1. The van der Waals surface area contributed by atoms with E-state index in [4.69, 9.17) is 16.3 Å². The molecule has 2 rings (SSSR count). The minimum Gasteiger partial charge on any atom is -0.441 e. The third kappa shape index (κ3) is 5.56. The van der Waals surface area contributed by atoms with E-state index >= 15 is 0 Å². The summed E-state index contributed by atoms with van der Waals surface area (Å²) in [5.74, 6) is 1.17. The lowest BCUT2D eigenvalue weighted by Gasteiger charge is -2.23. The lowest BCUT2D eigenvalue weighted by molar-refractivity contribution is -0.123. The van der Waals surface area contributed by atoms with Crippen molar-refractivity contribution in [2.24, 2.45) is 0 Å². The molecule has 1 aliphatic rings. The molecule has 0 aliphatic carbocycles. The number of aryl methyl sites for hydroxylation is 1. The Morgan fingerprint density at radius 3 is 2.96 bits per heavy atom. The van der Waals surface area contributed by atoms with E-state index in [2.05, 4.69) is 17.6 Å². The Kier molecular flexibility index (Phi) is 6.93. The third-order valence-electron chi connectivity index (χ3n) is 3.85. The predicted molar refractivity (Wildman–Crippen MR) is 93.6 cm³/mol. The van der Waals surface area contributed by atoms with E-state index < -0.39 is 0 Å². The maximum Gasteiger partial charge on any atom is 0.243 e. The van der Waals surface area contributed by atoms with E-state index in [-0.39, 0.29) is 11.9 Å². The van der Waals surface area contributed by atoms with Crippen LogP contribution < -0.4 is 15.4 Å². The Morgan fingerprint density at radius 2 is 2.30 bits per heavy atom. The number of nitrogens with one attached hydrogen (secondary N) is 2. The van der Waals surface area contributed by atoms with Gasteiger partial charge in [-0.2, -0.15) is 0 Å². The summed E-state index contributed by atoms with van der Waals surface area (Å²) in [6.07, 6.45) is 6.84. The van der Waals surface area contributed by atoms with Gasteiger partial charge in [0.2, 0.25) is 5.91 Å². The molecule has 126 valence electrons. The number of allylic oxidation sites excluding steroid dienone is 1. The van der Waals surface area contributed by atoms with E-state index in [9.17, 15) is 4.79 Å². The molecule has 1 aromatic carbocycles. The second-order valence-corrected chi connectivity index (χ2v) is 6.30. The van der Waals surface area contributed by atoms with Crippen molar-refractivity contribution >= 4 is 17.5 Å². The van der Waals surface area contributed by atoms with Crippen molar-refractivity contribution in [3.63, 3.8) is 0 Å². The molecule has 1 aromatic rings. The molecule has 1 amide bonds. The SMILES string of the molecule is CCC/C=C(\NC(=O)C1CCCCN1)Oc1ccc(Cl)cc1C. The zero-order valence-electron chi connectivity index (χ0n) is 13.8. The van der Waals surface area contributed by atoms with Gasteiger partial charge in [0.25, 0.3) is 0 Å². The van der Waals surface area contributed by atoms with E-state index in [0.29, 0.717) is 16.7 Å². The highest BCUT2D eigenvalue weighted by Crippen LogP contribution is 2.23. The highest BCUT2D eigenvalue weighted by Gasteiger charge is 2.21. The fraction of sp³-hybridized carbons (Fsp3) is 0.500. The van der Waals surface area contributed by atoms with Crippen molar-refractivity contribution in [1.29, 1.82) is 0 Å². The number of halogens is 1. The summed E-state index contributed by atoms with van der Waals surface area (Å²) in [6, 6.07) is 5.32. The summed E-state index contributed by atoms with van der Waals surface area (Å²) >= 11 is 5.97. The van der Waals surface area contributed by atoms with Crippen LogP contribution >= 0.6 is 11.6 Å². The van der Waals surface area contributed by atoms with Crippen LogP contribution in [-0.2, 0) is 4.79 Å². The highest BCUT2D eigenvalue weighted by atomic mass is 35.5. The number of carbonyl (C=O) groups excluding carboxylic acids is 1. The molecule has 5 heteroatoms. The summed E-state index contributed by atoms with van der Waals surface area (Å²) in [6.45, 7) is 4.92. The average molecular weight is 337 g/mol. The molecule has 0 aromatic heterocycles. The van der Waals surface area contributed by atoms with Crippen LogP contribution in [0.4, 0.5) is 0 Å². The molecule has 0 spiro atoms. The average Bonchev–Trinajstić information content (AvgIpc) is 2.55. The molecule has 0 radical (unpaired) electrons. The Morgan fingerprint density at radius 1 is 1.48 bits per heavy atom. The summed E-state index contributed by atoms with van der Waals surface area (Å²) < 4.78 is 5.91. The highest BCUT2D eigenvalue weighted by molar-refractivity contribution is 6.30. The maximum absolute atomic E-state index is 12.4. The van der Waals surface area contributed by atoms with Crippen LogP contribution in [0.15, 0.2) is 30.2 Å². The molecule has 1 atom stereocenters. The van der Waals surface area contributed by atoms with Crippen LogP contribution in [0.1, 0.15) is 44.6 Å². The standard InChI is InChI=1S/C18H25ClN2O2/c1-3-4-8-17(21-18(22)15-7-5-6-11-20-15)23-16-10-9-14(19)12-13(16)2/h8-10,12,15,20H,3-7,11H2,1-2H3,(H,21,22)/b17-8+. The summed E-state index contributed by atoms with van der Waals surface area (Å²) in [4.78, 5) is 12.4. The van der Waals surface area contributed by atoms with Gasteiger partial charge >= 0.3 is 0 Å². The van der Waals surface area contributed by atoms with Crippen molar-refractivity contribution in [2.75, 3.05) is 6.54 Å². The van der Waals surface area contributed by atoms with Gasteiger partial charge in [0.05, 0.1) is 6.04 Å². The molecular weight excluding hydrogens is 312 g/mol. The number of ether oxygens (including phenoxy) is 1. The summed E-state index contributed by atoms with van der Waals surface area (Å²) in [5.41, 5.74) is 0.935. The zero-order valence-corrected chi connectivity index (χ0v) is 14.6. The van der Waals surface area contributed by atoms with Gasteiger partial charge in [-0.15, -0.1) is 0 Å². The predicted octanol–water partition coefficient (Wildman–Crippen LogP) is 3.93. The Bertz CT molecular complexity index is 566. The minimum atomic E-state index is -0.135. The Labute approximate surface area is 143 Å². The molecule has 1 fully saturated rings. The zero-order chi connectivity index (χ0) is 16.7. The Hall–Kier alpha value is -1.52. The lowest BCUT2D eigenvalue weighted by atomic mass is 10.0. The topological polar surface area (TPSA) is 50.4 Å². The van der Waals surface area contributed by atoms with Gasteiger partial charge < -0.3 is 10.1 Å². The van der Waals surface area contributed by atoms with E-state index in [1.165, 1.54) is 0 Å². The van der Waals surface area contributed by atoms with Crippen molar-refractivity contribution in [2.45, 2.75) is 52.0 Å². The van der Waals surface area contributed by atoms with Gasteiger partial charge in [0, 0.05) is 5.02 Å². The normalized spacial score (nSPS) is 18.6. The molecule has 2 N–H and O–H groups in total. The third-order valence-corrected chi connectivity index (χ3v) is 4.08. The number of rotatable bonds is 6. The number of hydrogen-bond acceptors (Lipinski definition) is 3. The fourth-order valence-electron chi connectivity index (χ4n) is 2.52. The smallest absolute Gasteiger partial charge is 0.243 e. The first-order valence-corrected chi connectivity index (χ1v) is 8.66. The molecule has 1 aliphatic heterocycles. The van der Waals surface area contributed by atoms with Crippen molar-refractivity contribution in [1.82, 2.24) is 10.6 Å². The van der Waals surface area contributed by atoms with E-state index in [1.54, 1.807) is 6.07 Å². The molecule has 0 saturated carbocycles. The van der Waals surface area contributed by atoms with E-state index in [0.717, 1.165) is 44.2 Å². The molecule has 1 saturated heterocycles. The van der Waals surface area contributed by atoms with Gasteiger partial charge in [-0.25, -0.2) is 0 Å². The molecule has 1 unspecified atom stereocenters. The first-order valence-electron chi connectivity index (χ1n) is 8.28. The monoisotopic (exact) mass is 336 g/mol. The second kappa shape index (κ2) is 8.94. The number of hydrogen-bond donors (Lipinski definition) is 2. The molecule has 0 bridgehead atoms. The first kappa shape index (κ1) is 17.8. The number of amides is 1. The molecule has 4 nitrogen and oxygen atoms in total. The van der Waals surface area contributed by atoms with Crippen molar-refractivity contribution in [3.8, 4) is 5.75 Å². The van der Waals surface area contributed by atoms with Crippen LogP contribution in [0.2, 0.25) is 5.02 Å². The number of carbonyl (C=O) groups is 1.